The lowest BCUT2D eigenvalue weighted by Crippen LogP contribution is -2.48. The van der Waals surface area contributed by atoms with E-state index in [2.05, 4.69) is 10.4 Å². The molecule has 0 aromatic carbocycles. The van der Waals surface area contributed by atoms with Crippen molar-refractivity contribution in [2.45, 2.75) is 38.5 Å². The molecule has 1 unspecified atom stereocenters. The first kappa shape index (κ1) is 20.5. The van der Waals surface area contributed by atoms with Gasteiger partial charge in [-0.2, -0.15) is 18.3 Å². The maximum atomic E-state index is 12.2. The van der Waals surface area contributed by atoms with Crippen molar-refractivity contribution in [3.63, 3.8) is 0 Å². The number of nitrogens with one attached hydrogen (secondary N) is 1. The number of hydrogen-bond acceptors (Lipinski definition) is 4. The molecule has 0 aliphatic heterocycles. The van der Waals surface area contributed by atoms with Crippen molar-refractivity contribution in [1.29, 1.82) is 0 Å². The van der Waals surface area contributed by atoms with Gasteiger partial charge in [-0.25, -0.2) is 0 Å². The van der Waals surface area contributed by atoms with E-state index < -0.39 is 43.0 Å². The van der Waals surface area contributed by atoms with Gasteiger partial charge in [-0.1, -0.05) is 13.3 Å². The number of rotatable bonds is 8. The summed E-state index contributed by atoms with van der Waals surface area (Å²) in [5, 5.41) is 5.75. The zero-order valence-corrected chi connectivity index (χ0v) is 13.8. The van der Waals surface area contributed by atoms with Crippen LogP contribution in [-0.2, 0) is 16.1 Å². The second-order valence-corrected chi connectivity index (χ2v) is 5.41. The third kappa shape index (κ3) is 6.43. The zero-order chi connectivity index (χ0) is 19.2. The van der Waals surface area contributed by atoms with Crippen LogP contribution < -0.4 is 11.1 Å². The fourth-order valence-electron chi connectivity index (χ4n) is 2.10. The van der Waals surface area contributed by atoms with Crippen LogP contribution in [0.1, 0.15) is 30.3 Å². The first-order valence-corrected chi connectivity index (χ1v) is 7.48. The maximum absolute atomic E-state index is 12.2. The molecule has 1 aromatic rings. The number of primary amides is 1. The molecule has 1 rings (SSSR count). The zero-order valence-electron chi connectivity index (χ0n) is 13.8. The number of nitrogens with two attached hydrogens (primary N) is 1. The second-order valence-electron chi connectivity index (χ2n) is 5.41. The maximum Gasteiger partial charge on any atom is 0.408 e. The van der Waals surface area contributed by atoms with Gasteiger partial charge in [0.25, 0.3) is 5.91 Å². The van der Waals surface area contributed by atoms with Crippen molar-refractivity contribution in [2.75, 3.05) is 13.6 Å². The van der Waals surface area contributed by atoms with E-state index in [4.69, 9.17) is 5.73 Å². The third-order valence-electron chi connectivity index (χ3n) is 3.37. The monoisotopic (exact) mass is 363 g/mol. The predicted octanol–water partition coefficient (Wildman–Crippen LogP) is 0.288. The molecule has 0 saturated carbocycles. The molecule has 0 aliphatic carbocycles. The minimum Gasteiger partial charge on any atom is -0.368 e. The van der Waals surface area contributed by atoms with E-state index in [0.29, 0.717) is 17.5 Å². The van der Waals surface area contributed by atoms with Gasteiger partial charge < -0.3 is 16.0 Å². The van der Waals surface area contributed by atoms with Crippen molar-refractivity contribution in [1.82, 2.24) is 20.0 Å². The number of aromatic nitrogens is 2. The van der Waals surface area contributed by atoms with Crippen molar-refractivity contribution in [2.24, 2.45) is 5.73 Å². The SMILES string of the molecule is CCCC(C(N)=O)N(C)C(=O)CNC(=O)c1ccn(CC(F)(F)F)n1. The molecule has 1 atom stereocenters. The van der Waals surface area contributed by atoms with Gasteiger partial charge in [-0.15, -0.1) is 0 Å². The molecule has 11 heteroatoms. The van der Waals surface area contributed by atoms with Crippen molar-refractivity contribution < 1.29 is 27.6 Å². The molecule has 0 radical (unpaired) electrons. The highest BCUT2D eigenvalue weighted by atomic mass is 19.4. The largest absolute Gasteiger partial charge is 0.408 e. The number of hydrogen-bond donors (Lipinski definition) is 2. The number of carbonyl (C=O) groups excluding carboxylic acids is 3. The Hall–Kier alpha value is -2.59. The predicted molar refractivity (Wildman–Crippen MR) is 81.3 cm³/mol. The van der Waals surface area contributed by atoms with E-state index in [9.17, 15) is 27.6 Å². The van der Waals surface area contributed by atoms with E-state index in [1.54, 1.807) is 0 Å². The number of alkyl halides is 3. The Morgan fingerprint density at radius 2 is 2.04 bits per heavy atom. The van der Waals surface area contributed by atoms with Gasteiger partial charge >= 0.3 is 6.18 Å². The molecule has 1 aromatic heterocycles. The number of amides is 3. The quantitative estimate of drug-likeness (QED) is 0.691. The van der Waals surface area contributed by atoms with Crippen LogP contribution in [0.4, 0.5) is 13.2 Å². The van der Waals surface area contributed by atoms with Gasteiger partial charge in [0.1, 0.15) is 18.3 Å². The summed E-state index contributed by atoms with van der Waals surface area (Å²) in [5.74, 6) is -2.01. The molecule has 140 valence electrons. The molecular weight excluding hydrogens is 343 g/mol. The lowest BCUT2D eigenvalue weighted by molar-refractivity contribution is -0.142. The standard InChI is InChI=1S/C14H20F3N5O3/c1-3-4-10(12(18)24)21(2)11(23)7-19-13(25)9-5-6-22(20-9)8-14(15,16)17/h5-6,10H,3-4,7-8H2,1-2H3,(H2,18,24)(H,19,25). The van der Waals surface area contributed by atoms with E-state index in [-0.39, 0.29) is 5.69 Å². The van der Waals surface area contributed by atoms with Crippen LogP contribution in [0.3, 0.4) is 0 Å². The second kappa shape index (κ2) is 8.49. The first-order chi connectivity index (χ1) is 11.5. The molecule has 3 amide bonds. The Morgan fingerprint density at radius 3 is 2.56 bits per heavy atom. The average molecular weight is 363 g/mol. The van der Waals surface area contributed by atoms with Gasteiger partial charge in [0, 0.05) is 13.2 Å². The first-order valence-electron chi connectivity index (χ1n) is 7.48. The van der Waals surface area contributed by atoms with Gasteiger partial charge in [0.2, 0.25) is 11.8 Å². The van der Waals surface area contributed by atoms with Crippen LogP contribution >= 0.6 is 0 Å². The molecule has 0 aliphatic rings. The van der Waals surface area contributed by atoms with Crippen LogP contribution in [0.25, 0.3) is 0 Å². The summed E-state index contributed by atoms with van der Waals surface area (Å²) in [6.45, 7) is 0.0710. The van der Waals surface area contributed by atoms with Gasteiger partial charge in [-0.05, 0) is 12.5 Å². The number of likely N-dealkylation sites (N-methyl/N-ethyl adjacent to an activating group) is 1. The highest BCUT2D eigenvalue weighted by Crippen LogP contribution is 2.16. The minimum absolute atomic E-state index is 0.250. The molecular formula is C14H20F3N5O3. The topological polar surface area (TPSA) is 110 Å². The normalized spacial score (nSPS) is 12.5. The van der Waals surface area contributed by atoms with E-state index in [1.807, 2.05) is 6.92 Å². The highest BCUT2D eigenvalue weighted by molar-refractivity contribution is 5.95. The molecule has 3 N–H and O–H groups in total. The minimum atomic E-state index is -4.46. The third-order valence-corrected chi connectivity index (χ3v) is 3.37. The summed E-state index contributed by atoms with van der Waals surface area (Å²) < 4.78 is 37.3. The van der Waals surface area contributed by atoms with E-state index in [1.165, 1.54) is 7.05 Å². The summed E-state index contributed by atoms with van der Waals surface area (Å²) in [5.41, 5.74) is 4.99. The van der Waals surface area contributed by atoms with Gasteiger partial charge in [0.15, 0.2) is 0 Å². The molecule has 0 saturated heterocycles. The Morgan fingerprint density at radius 1 is 1.40 bits per heavy atom. The molecule has 1 heterocycles. The summed E-state index contributed by atoms with van der Waals surface area (Å²) in [7, 11) is 1.39. The van der Waals surface area contributed by atoms with Crippen LogP contribution in [0.15, 0.2) is 12.3 Å². The van der Waals surface area contributed by atoms with E-state index in [0.717, 1.165) is 17.2 Å². The van der Waals surface area contributed by atoms with Crippen molar-refractivity contribution in [3.8, 4) is 0 Å². The fraction of sp³-hybridized carbons (Fsp3) is 0.571. The summed E-state index contributed by atoms with van der Waals surface area (Å²) in [6.07, 6.45) is -2.43. The lowest BCUT2D eigenvalue weighted by atomic mass is 10.1. The number of halogens is 3. The Balaban J connectivity index is 2.61. The Labute approximate surface area is 142 Å². The summed E-state index contributed by atoms with van der Waals surface area (Å²) in [6, 6.07) is 0.318. The molecule has 25 heavy (non-hydrogen) atoms. The Bertz CT molecular complexity index is 629. The van der Waals surface area contributed by atoms with Crippen molar-refractivity contribution in [3.05, 3.63) is 18.0 Å². The number of nitrogens with zero attached hydrogens (tertiary/aromatic N) is 3. The highest BCUT2D eigenvalue weighted by Gasteiger charge is 2.29. The van der Waals surface area contributed by atoms with E-state index >= 15 is 0 Å². The van der Waals surface area contributed by atoms with Gasteiger partial charge in [0.05, 0.1) is 6.54 Å². The fourth-order valence-corrected chi connectivity index (χ4v) is 2.10. The number of carbonyl (C=O) groups is 3. The van der Waals surface area contributed by atoms with Crippen molar-refractivity contribution >= 4 is 17.7 Å². The summed E-state index contributed by atoms with van der Waals surface area (Å²) in [4.78, 5) is 36.4. The lowest BCUT2D eigenvalue weighted by Gasteiger charge is -2.25. The smallest absolute Gasteiger partial charge is 0.368 e. The average Bonchev–Trinajstić information content (AvgIpc) is 2.95. The van der Waals surface area contributed by atoms with Crippen LogP contribution in [0.2, 0.25) is 0 Å². The van der Waals surface area contributed by atoms with Crippen LogP contribution in [0, 0.1) is 0 Å². The molecule has 0 fully saturated rings. The molecule has 0 bridgehead atoms. The molecule has 0 spiro atoms. The van der Waals surface area contributed by atoms with Gasteiger partial charge in [-0.3, -0.25) is 19.1 Å². The van der Waals surface area contributed by atoms with Crippen LogP contribution in [-0.4, -0.2) is 58.2 Å². The van der Waals surface area contributed by atoms with Crippen LogP contribution in [0.5, 0.6) is 0 Å². The molecule has 8 nitrogen and oxygen atoms in total. The Kier molecular flexibility index (Phi) is 6.95. The summed E-state index contributed by atoms with van der Waals surface area (Å²) >= 11 is 0.